The summed E-state index contributed by atoms with van der Waals surface area (Å²) in [6.45, 7) is 10.5. The second-order valence-electron chi connectivity index (χ2n) is 6.30. The van der Waals surface area contributed by atoms with Crippen LogP contribution in [0.5, 0.6) is 0 Å². The summed E-state index contributed by atoms with van der Waals surface area (Å²) in [7, 11) is 0. The molecule has 1 aliphatic carbocycles. The van der Waals surface area contributed by atoms with Crippen LogP contribution in [0.2, 0.25) is 0 Å². The summed E-state index contributed by atoms with van der Waals surface area (Å²) in [6.07, 6.45) is 2.61. The van der Waals surface area contributed by atoms with Crippen LogP contribution in [0.1, 0.15) is 26.7 Å². The Hall–Kier alpha value is -1.14. The molecule has 0 bridgehead atoms. The number of amides is 2. The lowest BCUT2D eigenvalue weighted by Gasteiger charge is -2.35. The van der Waals surface area contributed by atoms with Gasteiger partial charge in [0.15, 0.2) is 0 Å². The molecule has 22 heavy (non-hydrogen) atoms. The Morgan fingerprint density at radius 2 is 1.73 bits per heavy atom. The quantitative estimate of drug-likeness (QED) is 0.686. The number of piperazine rings is 1. The fourth-order valence-electron chi connectivity index (χ4n) is 2.84. The zero-order chi connectivity index (χ0) is 15.9. The van der Waals surface area contributed by atoms with E-state index in [2.05, 4.69) is 10.2 Å². The highest BCUT2D eigenvalue weighted by molar-refractivity contribution is 5.79. The Labute approximate surface area is 133 Å². The summed E-state index contributed by atoms with van der Waals surface area (Å²) in [5.74, 6) is 1.18. The van der Waals surface area contributed by atoms with Gasteiger partial charge < -0.3 is 15.1 Å². The van der Waals surface area contributed by atoms with E-state index in [-0.39, 0.29) is 11.8 Å². The molecule has 1 saturated carbocycles. The van der Waals surface area contributed by atoms with Crippen LogP contribution in [0.15, 0.2) is 0 Å². The van der Waals surface area contributed by atoms with Gasteiger partial charge in [0.05, 0.1) is 13.1 Å². The van der Waals surface area contributed by atoms with Crippen molar-refractivity contribution < 1.29 is 9.59 Å². The zero-order valence-corrected chi connectivity index (χ0v) is 14.0. The molecule has 1 heterocycles. The minimum atomic E-state index is 0.190. The molecule has 0 spiro atoms. The molecule has 2 fully saturated rings. The van der Waals surface area contributed by atoms with Gasteiger partial charge in [-0.15, -0.1) is 0 Å². The Bertz CT molecular complexity index is 372. The molecule has 6 nitrogen and oxygen atoms in total. The van der Waals surface area contributed by atoms with Crippen molar-refractivity contribution in [3.8, 4) is 0 Å². The Morgan fingerprint density at radius 3 is 2.27 bits per heavy atom. The van der Waals surface area contributed by atoms with Gasteiger partial charge in [0.1, 0.15) is 0 Å². The summed E-state index contributed by atoms with van der Waals surface area (Å²) >= 11 is 0. The number of carbonyl (C=O) groups is 2. The fraction of sp³-hybridized carbons (Fsp3) is 0.875. The number of likely N-dealkylation sites (N-methyl/N-ethyl adjacent to an activating group) is 1. The van der Waals surface area contributed by atoms with Crippen molar-refractivity contribution in [3.63, 3.8) is 0 Å². The van der Waals surface area contributed by atoms with Gasteiger partial charge in [0.2, 0.25) is 11.8 Å². The lowest BCUT2D eigenvalue weighted by atomic mass is 10.3. The van der Waals surface area contributed by atoms with E-state index in [9.17, 15) is 9.59 Å². The molecular weight excluding hydrogens is 280 g/mol. The molecule has 0 unspecified atom stereocenters. The van der Waals surface area contributed by atoms with Gasteiger partial charge in [-0.2, -0.15) is 0 Å². The maximum Gasteiger partial charge on any atom is 0.236 e. The van der Waals surface area contributed by atoms with Crippen molar-refractivity contribution in [2.24, 2.45) is 5.92 Å². The number of rotatable bonds is 8. The monoisotopic (exact) mass is 310 g/mol. The van der Waals surface area contributed by atoms with E-state index in [0.717, 1.165) is 51.7 Å². The van der Waals surface area contributed by atoms with Crippen LogP contribution in [0.25, 0.3) is 0 Å². The standard InChI is InChI=1S/C16H30N4O2/c1-3-19(4-2)16(22)13-18-7-9-20(10-8-18)15(21)12-17-11-14-5-6-14/h14,17H,3-13H2,1-2H3. The molecule has 0 aromatic carbocycles. The molecule has 2 aliphatic rings. The molecule has 6 heteroatoms. The number of hydrogen-bond donors (Lipinski definition) is 1. The minimum Gasteiger partial charge on any atom is -0.342 e. The van der Waals surface area contributed by atoms with Crippen molar-refractivity contribution in [2.45, 2.75) is 26.7 Å². The minimum absolute atomic E-state index is 0.190. The van der Waals surface area contributed by atoms with E-state index in [1.165, 1.54) is 12.8 Å². The molecule has 0 aromatic rings. The molecule has 0 atom stereocenters. The first kappa shape index (κ1) is 17.2. The summed E-state index contributed by atoms with van der Waals surface area (Å²) in [5.41, 5.74) is 0. The van der Waals surface area contributed by atoms with Crippen molar-refractivity contribution in [1.82, 2.24) is 20.0 Å². The summed E-state index contributed by atoms with van der Waals surface area (Å²) in [6, 6.07) is 0. The summed E-state index contributed by atoms with van der Waals surface area (Å²) < 4.78 is 0. The van der Waals surface area contributed by atoms with E-state index in [4.69, 9.17) is 0 Å². The molecule has 0 aromatic heterocycles. The maximum absolute atomic E-state index is 12.1. The molecular formula is C16H30N4O2. The van der Waals surface area contributed by atoms with Crippen LogP contribution in [-0.2, 0) is 9.59 Å². The van der Waals surface area contributed by atoms with Crippen molar-refractivity contribution >= 4 is 11.8 Å². The van der Waals surface area contributed by atoms with Crippen LogP contribution in [0.3, 0.4) is 0 Å². The Kier molecular flexibility index (Phi) is 6.64. The van der Waals surface area contributed by atoms with Crippen LogP contribution in [0, 0.1) is 5.92 Å². The molecule has 1 N–H and O–H groups in total. The molecule has 2 amide bonds. The SMILES string of the molecule is CCN(CC)C(=O)CN1CCN(C(=O)CNCC2CC2)CC1. The molecule has 1 saturated heterocycles. The third-order valence-corrected chi connectivity index (χ3v) is 4.61. The van der Waals surface area contributed by atoms with Crippen molar-refractivity contribution in [2.75, 3.05) is 58.9 Å². The lowest BCUT2D eigenvalue weighted by molar-refractivity contribution is -0.134. The zero-order valence-electron chi connectivity index (χ0n) is 14.0. The van der Waals surface area contributed by atoms with Gasteiger partial charge >= 0.3 is 0 Å². The van der Waals surface area contributed by atoms with E-state index >= 15 is 0 Å². The second kappa shape index (κ2) is 8.48. The number of hydrogen-bond acceptors (Lipinski definition) is 4. The fourth-order valence-corrected chi connectivity index (χ4v) is 2.84. The van der Waals surface area contributed by atoms with Crippen LogP contribution in [-0.4, -0.2) is 85.4 Å². The largest absolute Gasteiger partial charge is 0.342 e. The van der Waals surface area contributed by atoms with Crippen molar-refractivity contribution in [3.05, 3.63) is 0 Å². The van der Waals surface area contributed by atoms with Crippen LogP contribution in [0.4, 0.5) is 0 Å². The van der Waals surface area contributed by atoms with Gasteiger partial charge in [0.25, 0.3) is 0 Å². The molecule has 126 valence electrons. The Morgan fingerprint density at radius 1 is 1.09 bits per heavy atom. The topological polar surface area (TPSA) is 55.9 Å². The average molecular weight is 310 g/mol. The highest BCUT2D eigenvalue weighted by Gasteiger charge is 2.24. The average Bonchev–Trinajstić information content (AvgIpc) is 3.33. The highest BCUT2D eigenvalue weighted by Crippen LogP contribution is 2.27. The van der Waals surface area contributed by atoms with Crippen molar-refractivity contribution in [1.29, 1.82) is 0 Å². The molecule has 1 aliphatic heterocycles. The van der Waals surface area contributed by atoms with Crippen LogP contribution < -0.4 is 5.32 Å². The Balaban J connectivity index is 1.63. The maximum atomic E-state index is 12.1. The predicted molar refractivity (Wildman–Crippen MR) is 86.5 cm³/mol. The van der Waals surface area contributed by atoms with E-state index in [1.807, 2.05) is 23.6 Å². The van der Waals surface area contributed by atoms with Gasteiger partial charge in [-0.3, -0.25) is 14.5 Å². The summed E-state index contributed by atoms with van der Waals surface area (Å²) in [5, 5.41) is 3.25. The third kappa shape index (κ3) is 5.25. The highest BCUT2D eigenvalue weighted by atomic mass is 16.2. The molecule has 2 rings (SSSR count). The second-order valence-corrected chi connectivity index (χ2v) is 6.30. The van der Waals surface area contributed by atoms with Gasteiger partial charge in [-0.25, -0.2) is 0 Å². The molecule has 0 radical (unpaired) electrons. The van der Waals surface area contributed by atoms with E-state index < -0.39 is 0 Å². The van der Waals surface area contributed by atoms with Gasteiger partial charge in [0, 0.05) is 39.3 Å². The first-order valence-corrected chi connectivity index (χ1v) is 8.62. The van der Waals surface area contributed by atoms with Gasteiger partial charge in [-0.05, 0) is 39.2 Å². The number of nitrogens with one attached hydrogen (secondary N) is 1. The summed E-state index contributed by atoms with van der Waals surface area (Å²) in [4.78, 5) is 30.1. The smallest absolute Gasteiger partial charge is 0.236 e. The van der Waals surface area contributed by atoms with Crippen LogP contribution >= 0.6 is 0 Å². The number of carbonyl (C=O) groups excluding carboxylic acids is 2. The predicted octanol–water partition coefficient (Wildman–Crippen LogP) is -0.00140. The lowest BCUT2D eigenvalue weighted by Crippen LogP contribution is -2.53. The normalized spacial score (nSPS) is 19.3. The first-order chi connectivity index (χ1) is 10.6. The van der Waals surface area contributed by atoms with E-state index in [0.29, 0.717) is 13.1 Å². The first-order valence-electron chi connectivity index (χ1n) is 8.62. The van der Waals surface area contributed by atoms with E-state index in [1.54, 1.807) is 0 Å². The third-order valence-electron chi connectivity index (χ3n) is 4.61. The number of nitrogens with zero attached hydrogens (tertiary/aromatic N) is 3. The van der Waals surface area contributed by atoms with Gasteiger partial charge in [-0.1, -0.05) is 0 Å².